The lowest BCUT2D eigenvalue weighted by atomic mass is 10.0. The Morgan fingerprint density at radius 1 is 1.24 bits per heavy atom. The fourth-order valence-electron chi connectivity index (χ4n) is 4.34. The van der Waals surface area contributed by atoms with Crippen molar-refractivity contribution in [2.75, 3.05) is 11.9 Å². The van der Waals surface area contributed by atoms with E-state index in [0.29, 0.717) is 28.9 Å². The summed E-state index contributed by atoms with van der Waals surface area (Å²) < 4.78 is 55.2. The van der Waals surface area contributed by atoms with E-state index in [-0.39, 0.29) is 5.56 Å². The number of halogens is 4. The van der Waals surface area contributed by atoms with E-state index in [4.69, 9.17) is 0 Å². The molecule has 2 aromatic carbocycles. The van der Waals surface area contributed by atoms with Gasteiger partial charge in [-0.3, -0.25) is 0 Å². The Labute approximate surface area is 198 Å². The number of nitrogens with one attached hydrogen (secondary N) is 3. The Bertz CT molecular complexity index is 1170. The van der Waals surface area contributed by atoms with E-state index in [1.54, 1.807) is 6.07 Å². The summed E-state index contributed by atoms with van der Waals surface area (Å²) in [7, 11) is 2.53. The van der Waals surface area contributed by atoms with E-state index in [9.17, 15) is 17.6 Å². The molecule has 180 valence electrons. The van der Waals surface area contributed by atoms with Crippen molar-refractivity contribution in [3.63, 3.8) is 0 Å². The quantitative estimate of drug-likeness (QED) is 0.351. The van der Waals surface area contributed by atoms with Crippen LogP contribution in [0.4, 0.5) is 23.2 Å². The Kier molecular flexibility index (Phi) is 6.99. The molecule has 2 unspecified atom stereocenters. The summed E-state index contributed by atoms with van der Waals surface area (Å²) in [4.78, 5) is 4.63. The predicted octanol–water partition coefficient (Wildman–Crippen LogP) is 5.87. The number of aliphatic imine (C=N–C) groups is 1. The molecule has 2 aliphatic rings. The van der Waals surface area contributed by atoms with Crippen molar-refractivity contribution >= 4 is 31.8 Å². The van der Waals surface area contributed by atoms with Gasteiger partial charge in [0.1, 0.15) is 17.8 Å². The molecule has 0 saturated heterocycles. The number of nitrogens with zero attached hydrogens (tertiary/aromatic N) is 1. The minimum atomic E-state index is -4.49. The molecule has 2 atom stereocenters. The van der Waals surface area contributed by atoms with Gasteiger partial charge in [-0.25, -0.2) is 9.38 Å². The first-order valence-corrected chi connectivity index (χ1v) is 11.8. The third-order valence-electron chi connectivity index (χ3n) is 5.91. The lowest BCUT2D eigenvalue weighted by Gasteiger charge is -2.28. The molecule has 0 aromatic heterocycles. The highest BCUT2D eigenvalue weighted by Gasteiger charge is 2.37. The van der Waals surface area contributed by atoms with Crippen molar-refractivity contribution in [2.45, 2.75) is 44.9 Å². The molecule has 34 heavy (non-hydrogen) atoms. The van der Waals surface area contributed by atoms with E-state index in [2.05, 4.69) is 36.8 Å². The predicted molar refractivity (Wildman–Crippen MR) is 132 cm³/mol. The minimum absolute atomic E-state index is 0.0571. The van der Waals surface area contributed by atoms with Crippen LogP contribution < -0.4 is 21.3 Å². The van der Waals surface area contributed by atoms with Crippen molar-refractivity contribution < 1.29 is 17.6 Å². The molecule has 1 aliphatic carbocycles. The molecule has 0 saturated carbocycles. The molecule has 3 N–H and O–H groups in total. The van der Waals surface area contributed by atoms with Crippen LogP contribution in [0.1, 0.15) is 55.5 Å². The van der Waals surface area contributed by atoms with Crippen LogP contribution in [0.5, 0.6) is 0 Å². The summed E-state index contributed by atoms with van der Waals surface area (Å²) in [5, 5.41) is 10.4. The van der Waals surface area contributed by atoms with Crippen LogP contribution >= 0.6 is 9.24 Å². The normalized spacial score (nSPS) is 17.7. The highest BCUT2D eigenvalue weighted by atomic mass is 31.0. The number of amidine groups is 1. The largest absolute Gasteiger partial charge is 0.416 e. The summed E-state index contributed by atoms with van der Waals surface area (Å²) in [6, 6.07) is 8.26. The van der Waals surface area contributed by atoms with Crippen LogP contribution in [0.2, 0.25) is 0 Å². The van der Waals surface area contributed by atoms with Crippen LogP contribution in [0.15, 0.2) is 59.2 Å². The number of allylic oxidation sites excluding steroid dienone is 1. The first kappa shape index (κ1) is 24.3. The molecule has 0 amide bonds. The lowest BCUT2D eigenvalue weighted by Crippen LogP contribution is -2.34. The third kappa shape index (κ3) is 4.97. The number of hydrogen-bond acceptors (Lipinski definition) is 4. The molecule has 0 bridgehead atoms. The molecule has 0 radical (unpaired) electrons. The van der Waals surface area contributed by atoms with Gasteiger partial charge in [0.2, 0.25) is 0 Å². The summed E-state index contributed by atoms with van der Waals surface area (Å²) in [5.41, 5.74) is 2.84. The zero-order chi connectivity index (χ0) is 24.5. The Morgan fingerprint density at radius 2 is 2.00 bits per heavy atom. The van der Waals surface area contributed by atoms with Crippen LogP contribution in [0, 0.1) is 5.82 Å². The maximum absolute atomic E-state index is 14.3. The summed E-state index contributed by atoms with van der Waals surface area (Å²) >= 11 is 0. The van der Waals surface area contributed by atoms with Crippen molar-refractivity contribution in [1.82, 2.24) is 10.6 Å². The van der Waals surface area contributed by atoms with Crippen molar-refractivity contribution in [3.05, 3.63) is 76.8 Å². The first-order valence-electron chi connectivity index (χ1n) is 11.2. The average Bonchev–Trinajstić information content (AvgIpc) is 3.26. The molecule has 2 aromatic rings. The van der Waals surface area contributed by atoms with Crippen LogP contribution in [0.25, 0.3) is 5.70 Å². The van der Waals surface area contributed by atoms with Gasteiger partial charge in [0, 0.05) is 34.6 Å². The lowest BCUT2D eigenvalue weighted by molar-refractivity contribution is -0.138. The molecule has 1 heterocycles. The van der Waals surface area contributed by atoms with E-state index in [0.717, 1.165) is 48.7 Å². The van der Waals surface area contributed by atoms with Crippen LogP contribution in [0.3, 0.4) is 0 Å². The zero-order valence-electron chi connectivity index (χ0n) is 18.8. The summed E-state index contributed by atoms with van der Waals surface area (Å²) in [5.74, 6) is 0.0595. The minimum Gasteiger partial charge on any atom is -0.384 e. The molecule has 1 aliphatic heterocycles. The molecular weight excluding hydrogens is 463 g/mol. The number of hydrogen-bond donors (Lipinski definition) is 3. The summed E-state index contributed by atoms with van der Waals surface area (Å²) in [6.45, 7) is 6.84. The molecule has 4 nitrogen and oxygen atoms in total. The monoisotopic (exact) mass is 490 g/mol. The van der Waals surface area contributed by atoms with Crippen molar-refractivity contribution in [3.8, 4) is 0 Å². The highest BCUT2D eigenvalue weighted by Crippen LogP contribution is 2.38. The topological polar surface area (TPSA) is 48.5 Å². The van der Waals surface area contributed by atoms with Gasteiger partial charge in [0.05, 0.1) is 11.3 Å². The first-order chi connectivity index (χ1) is 16.2. The van der Waals surface area contributed by atoms with Crippen LogP contribution in [-0.2, 0) is 6.18 Å². The zero-order valence-corrected chi connectivity index (χ0v) is 20.0. The molecule has 4 rings (SSSR count). The number of anilines is 1. The van der Waals surface area contributed by atoms with Gasteiger partial charge >= 0.3 is 6.18 Å². The Hall–Kier alpha value is -2.86. The van der Waals surface area contributed by atoms with Crippen molar-refractivity contribution in [2.24, 2.45) is 4.99 Å². The van der Waals surface area contributed by atoms with Gasteiger partial charge in [-0.05, 0) is 49.2 Å². The SMILES string of the molecule is C=C(NC1=NC(c2ccccc2C(F)(F)F)NC2=C1CCC2)c1cc(F)cc(P)c1NCCC. The maximum Gasteiger partial charge on any atom is 0.416 e. The third-order valence-corrected chi connectivity index (χ3v) is 6.37. The number of alkyl halides is 3. The fraction of sp³-hybridized carbons (Fsp3) is 0.320. The van der Waals surface area contributed by atoms with Gasteiger partial charge < -0.3 is 16.0 Å². The number of rotatable bonds is 6. The number of benzene rings is 2. The average molecular weight is 490 g/mol. The standard InChI is InChI=1S/C25H27F4N4P/c1-3-11-30-22-18(12-15(26)13-21(22)34)14(2)31-24-17-8-6-10-20(17)32-23(33-24)16-7-4-5-9-19(16)25(27,28)29/h4-5,7,9,12-13,23,30,32H,2-3,6,8,10-11,34H2,1H3,(H,31,33). The fourth-order valence-corrected chi connectivity index (χ4v) is 4.76. The van der Waals surface area contributed by atoms with E-state index >= 15 is 0 Å². The van der Waals surface area contributed by atoms with Gasteiger partial charge in [-0.1, -0.05) is 31.7 Å². The second-order valence-electron chi connectivity index (χ2n) is 8.37. The second-order valence-corrected chi connectivity index (χ2v) is 8.99. The van der Waals surface area contributed by atoms with Gasteiger partial charge in [-0.15, -0.1) is 9.24 Å². The smallest absolute Gasteiger partial charge is 0.384 e. The van der Waals surface area contributed by atoms with Crippen LogP contribution in [-0.4, -0.2) is 12.4 Å². The van der Waals surface area contributed by atoms with Gasteiger partial charge in [0.25, 0.3) is 0 Å². The second kappa shape index (κ2) is 9.79. The molecule has 0 spiro atoms. The molecule has 9 heteroatoms. The Morgan fingerprint density at radius 3 is 2.74 bits per heavy atom. The maximum atomic E-state index is 14.3. The Balaban J connectivity index is 1.70. The van der Waals surface area contributed by atoms with Crippen molar-refractivity contribution in [1.29, 1.82) is 0 Å². The van der Waals surface area contributed by atoms with Gasteiger partial charge in [-0.2, -0.15) is 13.2 Å². The molecule has 0 fully saturated rings. The van der Waals surface area contributed by atoms with Gasteiger partial charge in [0.15, 0.2) is 0 Å². The van der Waals surface area contributed by atoms with E-state index in [1.807, 2.05) is 6.92 Å². The highest BCUT2D eigenvalue weighted by molar-refractivity contribution is 7.28. The van der Waals surface area contributed by atoms with E-state index < -0.39 is 23.7 Å². The summed E-state index contributed by atoms with van der Waals surface area (Å²) in [6.07, 6.45) is -2.16. The molecular formula is C25H27F4N4P. The van der Waals surface area contributed by atoms with E-state index in [1.165, 1.54) is 24.3 Å².